The summed E-state index contributed by atoms with van der Waals surface area (Å²) in [7, 11) is 0. The van der Waals surface area contributed by atoms with Crippen molar-refractivity contribution in [1.82, 2.24) is 25.0 Å². The number of thiophene rings is 1. The first-order valence-corrected chi connectivity index (χ1v) is 12.0. The molecule has 0 atom stereocenters. The lowest BCUT2D eigenvalue weighted by molar-refractivity contribution is 0.0735. The Labute approximate surface area is 186 Å². The Bertz CT molecular complexity index is 1090. The highest BCUT2D eigenvalue weighted by Crippen LogP contribution is 2.33. The van der Waals surface area contributed by atoms with Gasteiger partial charge in [0.2, 0.25) is 0 Å². The van der Waals surface area contributed by atoms with Gasteiger partial charge in [-0.1, -0.05) is 11.6 Å². The lowest BCUT2D eigenvalue weighted by Crippen LogP contribution is -2.37. The summed E-state index contributed by atoms with van der Waals surface area (Å²) in [5, 5.41) is 12.6. The second kappa shape index (κ2) is 8.13. The van der Waals surface area contributed by atoms with Gasteiger partial charge in [0.1, 0.15) is 9.88 Å². The minimum absolute atomic E-state index is 0.0928. The molecule has 10 heteroatoms. The molecule has 3 aromatic heterocycles. The van der Waals surface area contributed by atoms with E-state index in [1.54, 1.807) is 17.2 Å². The van der Waals surface area contributed by atoms with Crippen molar-refractivity contribution < 1.29 is 9.59 Å². The molecule has 2 aliphatic rings. The summed E-state index contributed by atoms with van der Waals surface area (Å²) in [6.45, 7) is 2.17. The summed E-state index contributed by atoms with van der Waals surface area (Å²) in [5.74, 6) is 0.328. The number of halogens is 1. The monoisotopic (exact) mass is 461 g/mol. The number of aromatic nitrogens is 3. The Morgan fingerprint density at radius 3 is 2.83 bits per heavy atom. The maximum Gasteiger partial charge on any atom is 0.272 e. The first kappa shape index (κ1) is 19.7. The number of nitrogens with zero attached hydrogens (tertiary/aromatic N) is 4. The van der Waals surface area contributed by atoms with Crippen LogP contribution >= 0.6 is 34.3 Å². The highest BCUT2D eigenvalue weighted by atomic mass is 35.5. The highest BCUT2D eigenvalue weighted by molar-refractivity contribution is 7.12. The van der Waals surface area contributed by atoms with Crippen LogP contribution in [0.1, 0.15) is 49.3 Å². The fraction of sp³-hybridized carbons (Fsp3) is 0.400. The van der Waals surface area contributed by atoms with Gasteiger partial charge in [-0.15, -0.1) is 22.7 Å². The molecule has 0 saturated heterocycles. The molecule has 0 radical (unpaired) electrons. The van der Waals surface area contributed by atoms with E-state index in [1.165, 1.54) is 35.5 Å². The SMILES string of the molecule is O=C(NCc1nccs1)c1nn(CC2CC2)c2c1CN(C(=O)c1sccc1Cl)CC2. The van der Waals surface area contributed by atoms with Crippen LogP contribution in [0.4, 0.5) is 0 Å². The molecule has 1 saturated carbocycles. The predicted octanol–water partition coefficient (Wildman–Crippen LogP) is 3.59. The van der Waals surface area contributed by atoms with Crippen LogP contribution in [0.5, 0.6) is 0 Å². The molecule has 1 fully saturated rings. The number of nitrogens with one attached hydrogen (secondary N) is 1. The lowest BCUT2D eigenvalue weighted by atomic mass is 10.0. The zero-order valence-electron chi connectivity index (χ0n) is 16.1. The Hall–Kier alpha value is -2.23. The fourth-order valence-electron chi connectivity index (χ4n) is 3.71. The van der Waals surface area contributed by atoms with Crippen molar-refractivity contribution in [3.05, 3.63) is 54.9 Å². The van der Waals surface area contributed by atoms with E-state index in [0.29, 0.717) is 47.6 Å². The summed E-state index contributed by atoms with van der Waals surface area (Å²) < 4.78 is 1.99. The van der Waals surface area contributed by atoms with Gasteiger partial charge >= 0.3 is 0 Å². The average Bonchev–Trinajstić information content (AvgIpc) is 3.12. The summed E-state index contributed by atoms with van der Waals surface area (Å²) in [6.07, 6.45) is 4.82. The minimum Gasteiger partial charge on any atom is -0.344 e. The second-order valence-corrected chi connectivity index (χ2v) is 9.88. The zero-order chi connectivity index (χ0) is 20.7. The molecule has 1 aliphatic carbocycles. The largest absolute Gasteiger partial charge is 0.344 e. The third kappa shape index (κ3) is 3.89. The van der Waals surface area contributed by atoms with Crippen molar-refractivity contribution >= 4 is 46.1 Å². The van der Waals surface area contributed by atoms with E-state index in [0.717, 1.165) is 22.8 Å². The standard InChI is InChI=1S/C20H20ClN5O2S2/c21-14-4-7-30-18(14)20(28)25-6-3-15-13(11-25)17(24-26(15)10-12-1-2-12)19(27)23-9-16-22-5-8-29-16/h4-5,7-8,12H,1-3,6,9-11H2,(H,23,27). The first-order valence-electron chi connectivity index (χ1n) is 9.87. The van der Waals surface area contributed by atoms with Gasteiger partial charge in [0.25, 0.3) is 11.8 Å². The van der Waals surface area contributed by atoms with Gasteiger partial charge < -0.3 is 10.2 Å². The third-order valence-electron chi connectivity index (χ3n) is 5.46. The number of carbonyl (C=O) groups excluding carboxylic acids is 2. The van der Waals surface area contributed by atoms with Crippen molar-refractivity contribution in [2.75, 3.05) is 6.54 Å². The van der Waals surface area contributed by atoms with Crippen LogP contribution in [-0.4, -0.2) is 38.0 Å². The van der Waals surface area contributed by atoms with Crippen molar-refractivity contribution in [2.24, 2.45) is 5.92 Å². The molecule has 2 amide bonds. The molecule has 0 bridgehead atoms. The van der Waals surface area contributed by atoms with Crippen molar-refractivity contribution in [2.45, 2.75) is 38.9 Å². The number of rotatable bonds is 6. The molecular weight excluding hydrogens is 442 g/mol. The number of hydrogen-bond donors (Lipinski definition) is 1. The van der Waals surface area contributed by atoms with Gasteiger partial charge in [-0.2, -0.15) is 5.10 Å². The van der Waals surface area contributed by atoms with Crippen molar-refractivity contribution in [1.29, 1.82) is 0 Å². The van der Waals surface area contributed by atoms with Gasteiger partial charge in [0.15, 0.2) is 5.69 Å². The number of hydrogen-bond acceptors (Lipinski definition) is 6. The first-order chi connectivity index (χ1) is 14.6. The van der Waals surface area contributed by atoms with E-state index in [2.05, 4.69) is 15.4 Å². The van der Waals surface area contributed by atoms with Crippen molar-refractivity contribution in [3.63, 3.8) is 0 Å². The van der Waals surface area contributed by atoms with Gasteiger partial charge in [0.05, 0.1) is 18.1 Å². The van der Waals surface area contributed by atoms with E-state index in [4.69, 9.17) is 11.6 Å². The van der Waals surface area contributed by atoms with E-state index >= 15 is 0 Å². The average molecular weight is 462 g/mol. The third-order valence-corrected chi connectivity index (χ3v) is 7.57. The van der Waals surface area contributed by atoms with Crippen LogP contribution in [0, 0.1) is 5.92 Å². The van der Waals surface area contributed by atoms with Crippen LogP contribution in [0.25, 0.3) is 0 Å². The van der Waals surface area contributed by atoms with Gasteiger partial charge in [0, 0.05) is 42.3 Å². The molecule has 0 unspecified atom stereocenters. The Morgan fingerprint density at radius 2 is 2.13 bits per heavy atom. The highest BCUT2D eigenvalue weighted by Gasteiger charge is 2.33. The maximum atomic E-state index is 13.0. The molecular formula is C20H20ClN5O2S2. The Kier molecular flexibility index (Phi) is 5.34. The molecule has 4 heterocycles. The summed E-state index contributed by atoms with van der Waals surface area (Å²) in [4.78, 5) is 32.4. The maximum absolute atomic E-state index is 13.0. The van der Waals surface area contributed by atoms with Crippen LogP contribution in [0.15, 0.2) is 23.0 Å². The summed E-state index contributed by atoms with van der Waals surface area (Å²) in [6, 6.07) is 1.74. The molecule has 0 aromatic carbocycles. The molecule has 0 spiro atoms. The number of thiazole rings is 1. The number of amides is 2. The van der Waals surface area contributed by atoms with Crippen molar-refractivity contribution in [3.8, 4) is 0 Å². The number of carbonyl (C=O) groups is 2. The second-order valence-electron chi connectivity index (χ2n) is 7.58. The fourth-order valence-corrected chi connectivity index (χ4v) is 5.37. The van der Waals surface area contributed by atoms with E-state index in [9.17, 15) is 9.59 Å². The van der Waals surface area contributed by atoms with Gasteiger partial charge in [-0.3, -0.25) is 14.3 Å². The molecule has 1 N–H and O–H groups in total. The molecule has 3 aromatic rings. The summed E-state index contributed by atoms with van der Waals surface area (Å²) >= 11 is 9.01. The van der Waals surface area contributed by atoms with E-state index in [1.807, 2.05) is 15.4 Å². The molecule has 7 nitrogen and oxygen atoms in total. The van der Waals surface area contributed by atoms with Gasteiger partial charge in [-0.05, 0) is 30.2 Å². The number of fused-ring (bicyclic) bond motifs is 1. The van der Waals surface area contributed by atoms with Crippen LogP contribution in [0.3, 0.4) is 0 Å². The topological polar surface area (TPSA) is 80.1 Å². The quantitative estimate of drug-likeness (QED) is 0.608. The molecule has 156 valence electrons. The normalized spacial score (nSPS) is 15.8. The van der Waals surface area contributed by atoms with E-state index in [-0.39, 0.29) is 11.8 Å². The van der Waals surface area contributed by atoms with E-state index < -0.39 is 0 Å². The van der Waals surface area contributed by atoms with Gasteiger partial charge in [-0.25, -0.2) is 4.98 Å². The Balaban J connectivity index is 1.40. The molecule has 5 rings (SSSR count). The van der Waals surface area contributed by atoms with Crippen LogP contribution < -0.4 is 5.32 Å². The lowest BCUT2D eigenvalue weighted by Gasteiger charge is -2.27. The smallest absolute Gasteiger partial charge is 0.272 e. The molecule has 1 aliphatic heterocycles. The zero-order valence-corrected chi connectivity index (χ0v) is 18.5. The minimum atomic E-state index is -0.223. The summed E-state index contributed by atoms with van der Waals surface area (Å²) in [5.41, 5.74) is 2.33. The Morgan fingerprint density at radius 1 is 1.27 bits per heavy atom. The van der Waals surface area contributed by atoms with Crippen LogP contribution in [-0.2, 0) is 26.1 Å². The van der Waals surface area contributed by atoms with Crippen LogP contribution in [0.2, 0.25) is 5.02 Å². The molecule has 30 heavy (non-hydrogen) atoms. The predicted molar refractivity (Wildman–Crippen MR) is 116 cm³/mol.